The molecule has 0 bridgehead atoms. The second-order valence-electron chi connectivity index (χ2n) is 4.95. The lowest BCUT2D eigenvalue weighted by Crippen LogP contribution is -2.12. The van der Waals surface area contributed by atoms with Gasteiger partial charge in [0, 0.05) is 5.69 Å². The Balaban J connectivity index is 1.59. The number of rotatable bonds is 5. The Hall–Kier alpha value is -3.28. The SMILES string of the molecule is Nc1[nH]ncc1C(=O)Nc1ccc(OCc2ccccc2)cc1. The molecule has 0 aliphatic carbocycles. The van der Waals surface area contributed by atoms with E-state index < -0.39 is 0 Å². The molecule has 1 amide bonds. The highest BCUT2D eigenvalue weighted by Gasteiger charge is 2.11. The third-order valence-corrected chi connectivity index (χ3v) is 3.27. The van der Waals surface area contributed by atoms with Crippen LogP contribution < -0.4 is 15.8 Å². The van der Waals surface area contributed by atoms with E-state index in [-0.39, 0.29) is 11.7 Å². The number of ether oxygens (including phenoxy) is 1. The summed E-state index contributed by atoms with van der Waals surface area (Å²) in [6, 6.07) is 17.1. The van der Waals surface area contributed by atoms with E-state index in [0.29, 0.717) is 17.9 Å². The van der Waals surface area contributed by atoms with E-state index in [2.05, 4.69) is 15.5 Å². The normalized spacial score (nSPS) is 10.3. The number of hydrogen-bond donors (Lipinski definition) is 3. The second kappa shape index (κ2) is 6.65. The van der Waals surface area contributed by atoms with Crippen molar-refractivity contribution in [2.75, 3.05) is 11.1 Å². The van der Waals surface area contributed by atoms with E-state index >= 15 is 0 Å². The zero-order valence-electron chi connectivity index (χ0n) is 12.3. The fourth-order valence-electron chi connectivity index (χ4n) is 2.05. The molecule has 0 spiro atoms. The van der Waals surface area contributed by atoms with Gasteiger partial charge in [0.2, 0.25) is 0 Å². The number of amides is 1. The van der Waals surface area contributed by atoms with Crippen LogP contribution in [0.2, 0.25) is 0 Å². The molecule has 23 heavy (non-hydrogen) atoms. The topological polar surface area (TPSA) is 93.0 Å². The molecule has 2 aromatic carbocycles. The second-order valence-corrected chi connectivity index (χ2v) is 4.95. The molecule has 6 nitrogen and oxygen atoms in total. The number of benzene rings is 2. The molecule has 0 fully saturated rings. The zero-order valence-corrected chi connectivity index (χ0v) is 12.3. The van der Waals surface area contributed by atoms with Crippen molar-refractivity contribution in [3.05, 3.63) is 71.9 Å². The number of hydrogen-bond acceptors (Lipinski definition) is 4. The minimum Gasteiger partial charge on any atom is -0.489 e. The molecule has 0 unspecified atom stereocenters. The third kappa shape index (κ3) is 3.68. The van der Waals surface area contributed by atoms with E-state index in [1.165, 1.54) is 6.20 Å². The van der Waals surface area contributed by atoms with Crippen LogP contribution in [0, 0.1) is 0 Å². The van der Waals surface area contributed by atoms with Gasteiger partial charge in [-0.25, -0.2) is 0 Å². The van der Waals surface area contributed by atoms with E-state index in [1.54, 1.807) is 24.3 Å². The summed E-state index contributed by atoms with van der Waals surface area (Å²) >= 11 is 0. The quantitative estimate of drug-likeness (QED) is 0.675. The van der Waals surface area contributed by atoms with Gasteiger partial charge in [-0.05, 0) is 29.8 Å². The standard InChI is InChI=1S/C17H16N4O2/c18-16-15(10-19-21-16)17(22)20-13-6-8-14(9-7-13)23-11-12-4-2-1-3-5-12/h1-10H,11H2,(H,20,22)(H3,18,19,21). The van der Waals surface area contributed by atoms with Crippen molar-refractivity contribution in [3.63, 3.8) is 0 Å². The lowest BCUT2D eigenvalue weighted by Gasteiger charge is -2.08. The molecule has 0 aliphatic rings. The first kappa shape index (κ1) is 14.6. The number of carbonyl (C=O) groups is 1. The molecule has 0 saturated heterocycles. The number of nitrogens with two attached hydrogens (primary N) is 1. The summed E-state index contributed by atoms with van der Waals surface area (Å²) < 4.78 is 5.70. The van der Waals surface area contributed by atoms with E-state index in [4.69, 9.17) is 10.5 Å². The third-order valence-electron chi connectivity index (χ3n) is 3.27. The number of nitrogens with one attached hydrogen (secondary N) is 2. The van der Waals surface area contributed by atoms with Gasteiger partial charge in [-0.2, -0.15) is 5.10 Å². The molecule has 0 saturated carbocycles. The van der Waals surface area contributed by atoms with Crippen molar-refractivity contribution in [2.24, 2.45) is 0 Å². The van der Waals surface area contributed by atoms with Gasteiger partial charge in [0.1, 0.15) is 23.7 Å². The molecule has 3 aromatic rings. The van der Waals surface area contributed by atoms with Crippen molar-refractivity contribution in [1.29, 1.82) is 0 Å². The van der Waals surface area contributed by atoms with Crippen LogP contribution in [0.1, 0.15) is 15.9 Å². The molecule has 4 N–H and O–H groups in total. The highest BCUT2D eigenvalue weighted by atomic mass is 16.5. The summed E-state index contributed by atoms with van der Waals surface area (Å²) in [5, 5.41) is 9.00. The predicted octanol–water partition coefficient (Wildman–Crippen LogP) is 2.82. The van der Waals surface area contributed by atoms with Crippen LogP contribution in [0.4, 0.5) is 11.5 Å². The summed E-state index contributed by atoms with van der Waals surface area (Å²) in [6.07, 6.45) is 1.39. The minimum absolute atomic E-state index is 0.241. The highest BCUT2D eigenvalue weighted by Crippen LogP contribution is 2.18. The largest absolute Gasteiger partial charge is 0.489 e. The number of anilines is 2. The van der Waals surface area contributed by atoms with Gasteiger partial charge >= 0.3 is 0 Å². The first-order chi connectivity index (χ1) is 11.2. The number of aromatic nitrogens is 2. The van der Waals surface area contributed by atoms with E-state index in [1.807, 2.05) is 30.3 Å². The van der Waals surface area contributed by atoms with Crippen LogP contribution in [0.15, 0.2) is 60.8 Å². The van der Waals surface area contributed by atoms with Crippen LogP contribution in [0.25, 0.3) is 0 Å². The van der Waals surface area contributed by atoms with Crippen LogP contribution in [0.5, 0.6) is 5.75 Å². The molecule has 116 valence electrons. The minimum atomic E-state index is -0.311. The number of H-pyrrole nitrogens is 1. The first-order valence-corrected chi connectivity index (χ1v) is 7.09. The predicted molar refractivity (Wildman–Crippen MR) is 88.2 cm³/mol. The maximum Gasteiger partial charge on any atom is 0.261 e. The van der Waals surface area contributed by atoms with Gasteiger partial charge in [-0.1, -0.05) is 30.3 Å². The Bertz CT molecular complexity index is 782. The number of carbonyl (C=O) groups excluding carboxylic acids is 1. The van der Waals surface area contributed by atoms with E-state index in [0.717, 1.165) is 11.3 Å². The molecular weight excluding hydrogens is 292 g/mol. The Kier molecular flexibility index (Phi) is 4.24. The molecule has 3 rings (SSSR count). The highest BCUT2D eigenvalue weighted by molar-refractivity contribution is 6.07. The van der Waals surface area contributed by atoms with Gasteiger partial charge in [0.05, 0.1) is 6.20 Å². The molecule has 0 radical (unpaired) electrons. The number of nitrogens with zero attached hydrogens (tertiary/aromatic N) is 1. The van der Waals surface area contributed by atoms with Gasteiger partial charge in [0.15, 0.2) is 0 Å². The lowest BCUT2D eigenvalue weighted by molar-refractivity contribution is 0.102. The summed E-state index contributed by atoms with van der Waals surface area (Å²) in [4.78, 5) is 12.0. The van der Waals surface area contributed by atoms with Gasteiger partial charge in [0.25, 0.3) is 5.91 Å². The fraction of sp³-hybridized carbons (Fsp3) is 0.0588. The van der Waals surface area contributed by atoms with Gasteiger partial charge in [-0.3, -0.25) is 9.89 Å². The Labute approximate surface area is 133 Å². The van der Waals surface area contributed by atoms with Gasteiger partial charge in [-0.15, -0.1) is 0 Å². The summed E-state index contributed by atoms with van der Waals surface area (Å²) in [6.45, 7) is 0.498. The fourth-order valence-corrected chi connectivity index (χ4v) is 2.05. The Morgan fingerprint density at radius 1 is 1.13 bits per heavy atom. The molecule has 1 heterocycles. The summed E-state index contributed by atoms with van der Waals surface area (Å²) in [5.41, 5.74) is 7.68. The Morgan fingerprint density at radius 2 is 1.87 bits per heavy atom. The molecular formula is C17H16N4O2. The maximum atomic E-state index is 12.0. The average molecular weight is 308 g/mol. The van der Waals surface area contributed by atoms with Crippen LogP contribution in [-0.2, 0) is 6.61 Å². The van der Waals surface area contributed by atoms with Crippen molar-refractivity contribution >= 4 is 17.4 Å². The van der Waals surface area contributed by atoms with E-state index in [9.17, 15) is 4.79 Å². The van der Waals surface area contributed by atoms with Crippen LogP contribution >= 0.6 is 0 Å². The molecule has 0 aliphatic heterocycles. The number of nitrogen functional groups attached to an aromatic ring is 1. The summed E-state index contributed by atoms with van der Waals surface area (Å²) in [7, 11) is 0. The van der Waals surface area contributed by atoms with Crippen LogP contribution in [-0.4, -0.2) is 16.1 Å². The molecule has 1 aromatic heterocycles. The lowest BCUT2D eigenvalue weighted by atomic mass is 10.2. The smallest absolute Gasteiger partial charge is 0.261 e. The molecule has 0 atom stereocenters. The van der Waals surface area contributed by atoms with Crippen molar-refractivity contribution < 1.29 is 9.53 Å². The van der Waals surface area contributed by atoms with Crippen molar-refractivity contribution in [2.45, 2.75) is 6.61 Å². The van der Waals surface area contributed by atoms with Crippen molar-refractivity contribution in [1.82, 2.24) is 10.2 Å². The average Bonchev–Trinajstić information content (AvgIpc) is 3.01. The Morgan fingerprint density at radius 3 is 2.52 bits per heavy atom. The summed E-state index contributed by atoms with van der Waals surface area (Å²) in [5.74, 6) is 0.661. The monoisotopic (exact) mass is 308 g/mol. The van der Waals surface area contributed by atoms with Crippen molar-refractivity contribution in [3.8, 4) is 5.75 Å². The molecule has 6 heteroatoms. The van der Waals surface area contributed by atoms with Crippen LogP contribution in [0.3, 0.4) is 0 Å². The maximum absolute atomic E-state index is 12.0. The first-order valence-electron chi connectivity index (χ1n) is 7.09. The van der Waals surface area contributed by atoms with Gasteiger partial charge < -0.3 is 15.8 Å². The number of aromatic amines is 1. The zero-order chi connectivity index (χ0) is 16.1.